The van der Waals surface area contributed by atoms with Crippen molar-refractivity contribution >= 4 is 22.4 Å². The molecular weight excluding hydrogens is 222 g/mol. The number of fused-ring (bicyclic) bond motifs is 2. The maximum Gasteiger partial charge on any atom is 0.205 e. The minimum absolute atomic E-state index is 0.382. The molecule has 2 unspecified atom stereocenters. The lowest BCUT2D eigenvalue weighted by atomic mass is 9.84. The average molecular weight is 237 g/mol. The van der Waals surface area contributed by atoms with Gasteiger partial charge in [-0.25, -0.2) is 4.98 Å². The van der Waals surface area contributed by atoms with Crippen LogP contribution in [0.2, 0.25) is 0 Å². The molecule has 3 rings (SSSR count). The fourth-order valence-electron chi connectivity index (χ4n) is 2.88. The first-order valence-electron chi connectivity index (χ1n) is 5.84. The molecule has 5 heteroatoms. The second-order valence-electron chi connectivity index (χ2n) is 4.72. The first kappa shape index (κ1) is 10.2. The van der Waals surface area contributed by atoms with Gasteiger partial charge in [0.1, 0.15) is 11.6 Å². The predicted octanol–water partition coefficient (Wildman–Crippen LogP) is 1.94. The summed E-state index contributed by atoms with van der Waals surface area (Å²) in [7, 11) is 0. The smallest absolute Gasteiger partial charge is 0.205 e. The molecule has 16 heavy (non-hydrogen) atoms. The number of hydrogen-bond donors (Lipinski definition) is 0. The Morgan fingerprint density at radius 1 is 1.31 bits per heavy atom. The largest absolute Gasteiger partial charge is 0.340 e. The lowest BCUT2D eigenvalue weighted by Gasteiger charge is -2.45. The summed E-state index contributed by atoms with van der Waals surface area (Å²) in [6, 6.07) is 0.764. The Labute approximate surface area is 98.8 Å². The number of aryl methyl sites for hydroxylation is 1. The number of carbonyl (C=O) groups is 1. The van der Waals surface area contributed by atoms with Gasteiger partial charge < -0.3 is 4.90 Å². The molecule has 1 aromatic rings. The number of ketones is 1. The zero-order valence-electron chi connectivity index (χ0n) is 9.35. The number of rotatable bonds is 1. The van der Waals surface area contributed by atoms with Crippen LogP contribution in [-0.4, -0.2) is 27.2 Å². The third-order valence-corrected chi connectivity index (χ3v) is 4.35. The van der Waals surface area contributed by atoms with Crippen LogP contribution in [0.4, 0.5) is 5.13 Å². The monoisotopic (exact) mass is 237 g/mol. The molecule has 0 aliphatic carbocycles. The van der Waals surface area contributed by atoms with Gasteiger partial charge in [0.05, 0.1) is 0 Å². The van der Waals surface area contributed by atoms with Crippen molar-refractivity contribution in [3.8, 4) is 0 Å². The molecule has 0 N–H and O–H groups in total. The van der Waals surface area contributed by atoms with Gasteiger partial charge in [0.25, 0.3) is 0 Å². The molecular formula is C11H15N3OS. The van der Waals surface area contributed by atoms with Crippen LogP contribution in [0.1, 0.15) is 37.9 Å². The van der Waals surface area contributed by atoms with Gasteiger partial charge in [-0.05, 0) is 26.2 Å². The number of nitrogens with zero attached hydrogens (tertiary/aromatic N) is 3. The summed E-state index contributed by atoms with van der Waals surface area (Å²) in [6.45, 7) is 1.92. The highest BCUT2D eigenvalue weighted by atomic mass is 32.1. The van der Waals surface area contributed by atoms with E-state index in [9.17, 15) is 4.79 Å². The van der Waals surface area contributed by atoms with E-state index in [0.717, 1.165) is 23.8 Å². The zero-order chi connectivity index (χ0) is 11.1. The van der Waals surface area contributed by atoms with Crippen molar-refractivity contribution < 1.29 is 4.79 Å². The predicted molar refractivity (Wildman–Crippen MR) is 62.8 cm³/mol. The summed E-state index contributed by atoms with van der Waals surface area (Å²) in [4.78, 5) is 18.4. The zero-order valence-corrected chi connectivity index (χ0v) is 10.2. The maximum atomic E-state index is 11.6. The summed E-state index contributed by atoms with van der Waals surface area (Å²) in [6.07, 6.45) is 4.91. The SMILES string of the molecule is Cc1nsc(N2C3CCCC2CC(=O)C3)n1. The molecule has 0 spiro atoms. The fourth-order valence-corrected chi connectivity index (χ4v) is 3.70. The van der Waals surface area contributed by atoms with Gasteiger partial charge in [0, 0.05) is 36.5 Å². The van der Waals surface area contributed by atoms with Crippen LogP contribution in [0.3, 0.4) is 0 Å². The van der Waals surface area contributed by atoms with Crippen molar-refractivity contribution in [3.63, 3.8) is 0 Å². The van der Waals surface area contributed by atoms with E-state index in [1.165, 1.54) is 18.0 Å². The van der Waals surface area contributed by atoms with E-state index in [0.29, 0.717) is 30.7 Å². The molecule has 2 fully saturated rings. The van der Waals surface area contributed by atoms with Crippen LogP contribution < -0.4 is 4.90 Å². The summed E-state index contributed by atoms with van der Waals surface area (Å²) in [5.41, 5.74) is 0. The van der Waals surface area contributed by atoms with Crippen LogP contribution in [0.15, 0.2) is 0 Å². The van der Waals surface area contributed by atoms with Gasteiger partial charge in [0.2, 0.25) is 5.13 Å². The van der Waals surface area contributed by atoms with Crippen LogP contribution in [0, 0.1) is 6.92 Å². The molecule has 0 saturated carbocycles. The molecule has 2 saturated heterocycles. The third-order valence-electron chi connectivity index (χ3n) is 3.53. The molecule has 2 aliphatic heterocycles. The van der Waals surface area contributed by atoms with Gasteiger partial charge in [0.15, 0.2) is 0 Å². The van der Waals surface area contributed by atoms with E-state index in [-0.39, 0.29) is 0 Å². The second kappa shape index (κ2) is 3.80. The van der Waals surface area contributed by atoms with Crippen LogP contribution in [0.5, 0.6) is 0 Å². The van der Waals surface area contributed by atoms with E-state index in [1.807, 2.05) is 6.92 Å². The Morgan fingerprint density at radius 2 is 2.00 bits per heavy atom. The fraction of sp³-hybridized carbons (Fsp3) is 0.727. The van der Waals surface area contributed by atoms with Gasteiger partial charge in [-0.1, -0.05) is 0 Å². The average Bonchev–Trinajstić information content (AvgIpc) is 2.63. The summed E-state index contributed by atoms with van der Waals surface area (Å²) in [5, 5.41) is 1.01. The molecule has 86 valence electrons. The molecule has 2 atom stereocenters. The van der Waals surface area contributed by atoms with Crippen molar-refractivity contribution in [2.24, 2.45) is 0 Å². The molecule has 3 heterocycles. The Balaban J connectivity index is 1.91. The molecule has 4 nitrogen and oxygen atoms in total. The van der Waals surface area contributed by atoms with Crippen LogP contribution in [0.25, 0.3) is 0 Å². The first-order valence-corrected chi connectivity index (χ1v) is 6.62. The van der Waals surface area contributed by atoms with Crippen LogP contribution in [-0.2, 0) is 4.79 Å². The Morgan fingerprint density at radius 3 is 2.56 bits per heavy atom. The number of hydrogen-bond acceptors (Lipinski definition) is 5. The lowest BCUT2D eigenvalue weighted by molar-refractivity contribution is -0.121. The number of carbonyl (C=O) groups excluding carboxylic acids is 1. The second-order valence-corrected chi connectivity index (χ2v) is 5.45. The minimum Gasteiger partial charge on any atom is -0.340 e. The Bertz CT molecular complexity index is 401. The van der Waals surface area contributed by atoms with E-state index in [1.54, 1.807) is 0 Å². The van der Waals surface area contributed by atoms with Gasteiger partial charge in [-0.15, -0.1) is 0 Å². The number of anilines is 1. The quantitative estimate of drug-likeness (QED) is 0.749. The number of piperidine rings is 2. The minimum atomic E-state index is 0.382. The van der Waals surface area contributed by atoms with Crippen molar-refractivity contribution in [2.75, 3.05) is 4.90 Å². The van der Waals surface area contributed by atoms with Crippen molar-refractivity contribution in [1.82, 2.24) is 9.36 Å². The van der Waals surface area contributed by atoms with E-state index >= 15 is 0 Å². The van der Waals surface area contributed by atoms with Gasteiger partial charge in [-0.2, -0.15) is 4.37 Å². The highest BCUT2D eigenvalue weighted by molar-refractivity contribution is 7.09. The molecule has 0 radical (unpaired) electrons. The third kappa shape index (κ3) is 1.63. The van der Waals surface area contributed by atoms with E-state index in [2.05, 4.69) is 14.3 Å². The summed E-state index contributed by atoms with van der Waals surface area (Å²) < 4.78 is 4.24. The standard InChI is InChI=1S/C11H15N3OS/c1-7-12-11(16-13-7)14-8-3-2-4-9(14)6-10(15)5-8/h8-9H,2-6H2,1H3. The van der Waals surface area contributed by atoms with Gasteiger partial charge >= 0.3 is 0 Å². The van der Waals surface area contributed by atoms with Crippen LogP contribution >= 0.6 is 11.5 Å². The molecule has 2 aliphatic rings. The lowest BCUT2D eigenvalue weighted by Crippen LogP contribution is -2.52. The highest BCUT2D eigenvalue weighted by Gasteiger charge is 2.38. The summed E-state index contributed by atoms with van der Waals surface area (Å²) in [5.74, 6) is 1.27. The first-order chi connectivity index (χ1) is 7.74. The van der Waals surface area contributed by atoms with Gasteiger partial charge in [-0.3, -0.25) is 4.79 Å². The molecule has 1 aromatic heterocycles. The normalized spacial score (nSPS) is 29.6. The molecule has 0 aromatic carbocycles. The number of aromatic nitrogens is 2. The maximum absolute atomic E-state index is 11.6. The van der Waals surface area contributed by atoms with Crippen molar-refractivity contribution in [2.45, 2.75) is 51.1 Å². The Kier molecular flexibility index (Phi) is 2.42. The molecule has 2 bridgehead atoms. The summed E-state index contributed by atoms with van der Waals surface area (Å²) >= 11 is 1.47. The van der Waals surface area contributed by atoms with E-state index in [4.69, 9.17) is 0 Å². The number of Topliss-reactive ketones (excluding diaryl/α,β-unsaturated/α-hetero) is 1. The molecule has 0 amide bonds. The highest BCUT2D eigenvalue weighted by Crippen LogP contribution is 2.36. The Hall–Kier alpha value is -0.970. The van der Waals surface area contributed by atoms with Crippen molar-refractivity contribution in [1.29, 1.82) is 0 Å². The topological polar surface area (TPSA) is 46.1 Å². The van der Waals surface area contributed by atoms with E-state index < -0.39 is 0 Å². The van der Waals surface area contributed by atoms with Crippen molar-refractivity contribution in [3.05, 3.63) is 5.82 Å².